The maximum Gasteiger partial charge on any atom is 0.311 e. The Kier molecular flexibility index (Phi) is 6.72. The fourth-order valence-corrected chi connectivity index (χ4v) is 1.78. The Hall–Kier alpha value is -1.77. The van der Waals surface area contributed by atoms with Crippen LogP contribution in [-0.2, 0) is 11.2 Å². The molecule has 104 valence electrons. The zero-order valence-corrected chi connectivity index (χ0v) is 11.8. The Bertz CT molecular complexity index is 424. The summed E-state index contributed by atoms with van der Waals surface area (Å²) >= 11 is 0. The third kappa shape index (κ3) is 5.16. The van der Waals surface area contributed by atoms with Gasteiger partial charge in [-0.3, -0.25) is 4.79 Å². The Morgan fingerprint density at radius 1 is 1.32 bits per heavy atom. The van der Waals surface area contributed by atoms with Gasteiger partial charge < -0.3 is 9.47 Å². The molecule has 0 fully saturated rings. The minimum Gasteiger partial charge on any atom is -0.493 e. The predicted molar refractivity (Wildman–Crippen MR) is 76.7 cm³/mol. The van der Waals surface area contributed by atoms with Crippen LogP contribution in [0.3, 0.4) is 0 Å². The van der Waals surface area contributed by atoms with E-state index in [-0.39, 0.29) is 5.97 Å². The van der Waals surface area contributed by atoms with Crippen LogP contribution >= 0.6 is 0 Å². The van der Waals surface area contributed by atoms with E-state index in [9.17, 15) is 4.79 Å². The highest BCUT2D eigenvalue weighted by molar-refractivity contribution is 5.73. The van der Waals surface area contributed by atoms with Gasteiger partial charge in [0.2, 0.25) is 0 Å². The van der Waals surface area contributed by atoms with Crippen LogP contribution in [-0.4, -0.2) is 13.1 Å². The lowest BCUT2D eigenvalue weighted by Crippen LogP contribution is -2.08. The number of esters is 1. The number of carbonyl (C=O) groups is 1. The van der Waals surface area contributed by atoms with Crippen LogP contribution in [0.5, 0.6) is 11.5 Å². The molecule has 3 nitrogen and oxygen atoms in total. The highest BCUT2D eigenvalue weighted by Crippen LogP contribution is 2.28. The van der Waals surface area contributed by atoms with Crippen LogP contribution < -0.4 is 9.47 Å². The number of carbonyl (C=O) groups excluding carboxylic acids is 1. The van der Waals surface area contributed by atoms with Gasteiger partial charge in [0, 0.05) is 6.42 Å². The van der Waals surface area contributed by atoms with Crippen LogP contribution in [0.4, 0.5) is 0 Å². The van der Waals surface area contributed by atoms with Crippen LogP contribution in [0.25, 0.3) is 0 Å². The summed E-state index contributed by atoms with van der Waals surface area (Å²) in [6.07, 6.45) is 6.04. The van der Waals surface area contributed by atoms with Crippen LogP contribution in [0.1, 0.15) is 38.2 Å². The van der Waals surface area contributed by atoms with E-state index in [1.807, 2.05) is 18.2 Å². The topological polar surface area (TPSA) is 35.5 Å². The van der Waals surface area contributed by atoms with Crippen molar-refractivity contribution < 1.29 is 14.3 Å². The average Bonchev–Trinajstić information content (AvgIpc) is 2.41. The Morgan fingerprint density at radius 3 is 2.74 bits per heavy atom. The first-order chi connectivity index (χ1) is 9.21. The number of hydrogen-bond donors (Lipinski definition) is 0. The summed E-state index contributed by atoms with van der Waals surface area (Å²) in [5, 5.41) is 0. The number of ether oxygens (including phenoxy) is 2. The fraction of sp³-hybridized carbons (Fsp3) is 0.438. The summed E-state index contributed by atoms with van der Waals surface area (Å²) in [6, 6.07) is 5.56. The van der Waals surface area contributed by atoms with E-state index in [2.05, 4.69) is 13.5 Å². The minimum absolute atomic E-state index is 0.205. The van der Waals surface area contributed by atoms with Crippen molar-refractivity contribution in [1.82, 2.24) is 0 Å². The zero-order valence-electron chi connectivity index (χ0n) is 11.8. The lowest BCUT2D eigenvalue weighted by Gasteiger charge is -2.10. The van der Waals surface area contributed by atoms with Gasteiger partial charge in [-0.2, -0.15) is 0 Å². The molecule has 0 aliphatic carbocycles. The molecule has 0 unspecified atom stereocenters. The number of hydrogen-bond acceptors (Lipinski definition) is 3. The van der Waals surface area contributed by atoms with Gasteiger partial charge in [0.1, 0.15) is 0 Å². The highest BCUT2D eigenvalue weighted by atomic mass is 16.6. The fourth-order valence-electron chi connectivity index (χ4n) is 1.78. The summed E-state index contributed by atoms with van der Waals surface area (Å²) < 4.78 is 10.6. The van der Waals surface area contributed by atoms with Crippen molar-refractivity contribution in [3.63, 3.8) is 0 Å². The van der Waals surface area contributed by atoms with Gasteiger partial charge in [0.15, 0.2) is 11.5 Å². The van der Waals surface area contributed by atoms with Gasteiger partial charge in [-0.1, -0.05) is 31.9 Å². The van der Waals surface area contributed by atoms with Crippen LogP contribution in [0.2, 0.25) is 0 Å². The molecule has 0 aromatic heterocycles. The van der Waals surface area contributed by atoms with Gasteiger partial charge in [0.25, 0.3) is 0 Å². The lowest BCUT2D eigenvalue weighted by molar-refractivity contribution is -0.134. The molecule has 0 radical (unpaired) electrons. The summed E-state index contributed by atoms with van der Waals surface area (Å²) in [7, 11) is 1.57. The third-order valence-electron chi connectivity index (χ3n) is 2.82. The van der Waals surface area contributed by atoms with E-state index in [0.717, 1.165) is 31.2 Å². The summed E-state index contributed by atoms with van der Waals surface area (Å²) in [5.74, 6) is 0.864. The molecule has 1 rings (SSSR count). The van der Waals surface area contributed by atoms with Crippen molar-refractivity contribution in [1.29, 1.82) is 0 Å². The lowest BCUT2D eigenvalue weighted by atomic mass is 10.1. The first-order valence-electron chi connectivity index (χ1n) is 6.69. The van der Waals surface area contributed by atoms with Gasteiger partial charge in [0.05, 0.1) is 7.11 Å². The predicted octanol–water partition coefficient (Wildman–Crippen LogP) is 3.91. The first-order valence-corrected chi connectivity index (χ1v) is 6.69. The summed E-state index contributed by atoms with van der Waals surface area (Å²) in [4.78, 5) is 11.7. The van der Waals surface area contributed by atoms with Crippen molar-refractivity contribution in [3.8, 4) is 11.5 Å². The maximum absolute atomic E-state index is 11.7. The smallest absolute Gasteiger partial charge is 0.311 e. The second-order valence-electron chi connectivity index (χ2n) is 4.41. The summed E-state index contributed by atoms with van der Waals surface area (Å²) in [6.45, 7) is 5.80. The van der Waals surface area contributed by atoms with E-state index in [4.69, 9.17) is 9.47 Å². The molecule has 0 aliphatic heterocycles. The SMILES string of the molecule is C=CCc1ccc(OC(=O)CCCCC)c(OC)c1. The molecule has 0 bridgehead atoms. The van der Waals surface area contributed by atoms with Gasteiger partial charge in [-0.15, -0.1) is 6.58 Å². The second kappa shape index (κ2) is 8.35. The molecule has 0 spiro atoms. The van der Waals surface area contributed by atoms with E-state index in [1.165, 1.54) is 0 Å². The standard InChI is InChI=1S/C16H22O3/c1-4-6-7-9-16(17)19-14-11-10-13(8-5-2)12-15(14)18-3/h5,10-12H,2,4,6-9H2,1,3H3. The number of allylic oxidation sites excluding steroid dienone is 1. The second-order valence-corrected chi connectivity index (χ2v) is 4.41. The van der Waals surface area contributed by atoms with Crippen molar-refractivity contribution in [2.45, 2.75) is 39.0 Å². The van der Waals surface area contributed by atoms with Crippen LogP contribution in [0.15, 0.2) is 30.9 Å². The van der Waals surface area contributed by atoms with Crippen molar-refractivity contribution in [2.75, 3.05) is 7.11 Å². The number of methoxy groups -OCH3 is 1. The quantitative estimate of drug-likeness (QED) is 0.308. The van der Waals surface area contributed by atoms with E-state index in [0.29, 0.717) is 17.9 Å². The number of unbranched alkanes of at least 4 members (excludes halogenated alkanes) is 2. The molecule has 0 heterocycles. The van der Waals surface area contributed by atoms with Crippen molar-refractivity contribution >= 4 is 5.97 Å². The molecule has 0 amide bonds. The first kappa shape index (κ1) is 15.3. The average molecular weight is 262 g/mol. The Balaban J connectivity index is 2.66. The molecule has 1 aromatic carbocycles. The highest BCUT2D eigenvalue weighted by Gasteiger charge is 2.10. The van der Waals surface area contributed by atoms with Gasteiger partial charge >= 0.3 is 5.97 Å². The van der Waals surface area contributed by atoms with Gasteiger partial charge in [-0.25, -0.2) is 0 Å². The number of benzene rings is 1. The molecule has 3 heteroatoms. The van der Waals surface area contributed by atoms with E-state index in [1.54, 1.807) is 13.2 Å². The molecule has 1 aromatic rings. The minimum atomic E-state index is -0.205. The van der Waals surface area contributed by atoms with E-state index < -0.39 is 0 Å². The monoisotopic (exact) mass is 262 g/mol. The maximum atomic E-state index is 11.7. The van der Waals surface area contributed by atoms with Crippen molar-refractivity contribution in [3.05, 3.63) is 36.4 Å². The molecular formula is C16H22O3. The molecule has 0 aliphatic rings. The van der Waals surface area contributed by atoms with E-state index >= 15 is 0 Å². The van der Waals surface area contributed by atoms with Crippen LogP contribution in [0, 0.1) is 0 Å². The Morgan fingerprint density at radius 2 is 2.11 bits per heavy atom. The molecular weight excluding hydrogens is 240 g/mol. The molecule has 19 heavy (non-hydrogen) atoms. The normalized spacial score (nSPS) is 10.0. The molecule has 0 N–H and O–H groups in total. The molecule has 0 saturated heterocycles. The molecule has 0 saturated carbocycles. The largest absolute Gasteiger partial charge is 0.493 e. The van der Waals surface area contributed by atoms with Crippen molar-refractivity contribution in [2.24, 2.45) is 0 Å². The summed E-state index contributed by atoms with van der Waals surface area (Å²) in [5.41, 5.74) is 1.08. The third-order valence-corrected chi connectivity index (χ3v) is 2.82. The zero-order chi connectivity index (χ0) is 14.1. The number of rotatable bonds is 8. The Labute approximate surface area is 115 Å². The van der Waals surface area contributed by atoms with Gasteiger partial charge in [-0.05, 0) is 30.5 Å². The molecule has 0 atom stereocenters.